The van der Waals surface area contributed by atoms with Gasteiger partial charge in [-0.1, -0.05) is 32.0 Å². The molecule has 0 aliphatic heterocycles. The van der Waals surface area contributed by atoms with Gasteiger partial charge in [0.05, 0.1) is 12.4 Å². The number of carboxylic acids is 1. The van der Waals surface area contributed by atoms with Crippen LogP contribution >= 0.6 is 0 Å². The van der Waals surface area contributed by atoms with Crippen molar-refractivity contribution in [2.45, 2.75) is 63.7 Å². The van der Waals surface area contributed by atoms with E-state index in [4.69, 9.17) is 11.5 Å². The monoisotopic (exact) mass is 568 g/mol. The van der Waals surface area contributed by atoms with Gasteiger partial charge in [-0.15, -0.1) is 0 Å². The summed E-state index contributed by atoms with van der Waals surface area (Å²) >= 11 is 0. The molecule has 1 aromatic carbocycles. The molecule has 10 N–H and O–H groups in total. The van der Waals surface area contributed by atoms with Crippen molar-refractivity contribution < 1.29 is 29.1 Å². The van der Waals surface area contributed by atoms with Crippen LogP contribution in [0.1, 0.15) is 37.9 Å². The minimum Gasteiger partial charge on any atom is -0.480 e. The SMILES string of the molecule is CC(C)C(NC(=O)C(Cc1c[nH]c2ccccc12)NC(=O)C(N)CCC(N)=O)C(=O)NC(Cc1cnc[nH]1)C(=O)O. The minimum absolute atomic E-state index is 0.00742. The van der Waals surface area contributed by atoms with Crippen LogP contribution in [0.15, 0.2) is 43.0 Å². The van der Waals surface area contributed by atoms with Crippen molar-refractivity contribution in [1.82, 2.24) is 30.9 Å². The molecule has 3 aromatic rings. The molecule has 0 radical (unpaired) electrons. The van der Waals surface area contributed by atoms with Gasteiger partial charge in [0.2, 0.25) is 23.6 Å². The lowest BCUT2D eigenvalue weighted by Crippen LogP contribution is -2.59. The molecular weight excluding hydrogens is 532 g/mol. The fourth-order valence-corrected chi connectivity index (χ4v) is 4.30. The molecule has 0 saturated carbocycles. The highest BCUT2D eigenvalue weighted by molar-refractivity contribution is 5.95. The van der Waals surface area contributed by atoms with E-state index in [2.05, 4.69) is 30.9 Å². The highest BCUT2D eigenvalue weighted by atomic mass is 16.4. The number of carboxylic acid groups (broad SMARTS) is 1. The van der Waals surface area contributed by atoms with Crippen LogP contribution < -0.4 is 27.4 Å². The summed E-state index contributed by atoms with van der Waals surface area (Å²) in [4.78, 5) is 72.3. The molecule has 3 rings (SSSR count). The summed E-state index contributed by atoms with van der Waals surface area (Å²) in [7, 11) is 0. The van der Waals surface area contributed by atoms with Crippen molar-refractivity contribution >= 4 is 40.5 Å². The summed E-state index contributed by atoms with van der Waals surface area (Å²) in [5, 5.41) is 18.3. The molecule has 41 heavy (non-hydrogen) atoms. The Morgan fingerprint density at radius 3 is 2.29 bits per heavy atom. The smallest absolute Gasteiger partial charge is 0.326 e. The van der Waals surface area contributed by atoms with E-state index in [0.29, 0.717) is 5.69 Å². The Morgan fingerprint density at radius 1 is 0.951 bits per heavy atom. The number of rotatable bonds is 15. The summed E-state index contributed by atoms with van der Waals surface area (Å²) in [5.74, 6) is -4.32. The molecule has 14 heteroatoms. The van der Waals surface area contributed by atoms with Gasteiger partial charge in [-0.3, -0.25) is 19.2 Å². The number of aliphatic carboxylic acids is 1. The van der Waals surface area contributed by atoms with Gasteiger partial charge >= 0.3 is 5.97 Å². The number of hydrogen-bond donors (Lipinski definition) is 8. The van der Waals surface area contributed by atoms with Crippen molar-refractivity contribution in [3.63, 3.8) is 0 Å². The maximum absolute atomic E-state index is 13.6. The number of aromatic nitrogens is 3. The van der Waals surface area contributed by atoms with Gasteiger partial charge in [-0.25, -0.2) is 9.78 Å². The van der Waals surface area contributed by atoms with Crippen LogP contribution in [-0.2, 0) is 36.8 Å². The number of carbonyl (C=O) groups is 5. The Morgan fingerprint density at radius 2 is 1.66 bits per heavy atom. The third-order valence-electron chi connectivity index (χ3n) is 6.61. The summed E-state index contributed by atoms with van der Waals surface area (Å²) < 4.78 is 0. The maximum Gasteiger partial charge on any atom is 0.326 e. The minimum atomic E-state index is -1.27. The average molecular weight is 569 g/mol. The maximum atomic E-state index is 13.6. The number of nitrogens with one attached hydrogen (secondary N) is 5. The van der Waals surface area contributed by atoms with Crippen molar-refractivity contribution in [3.05, 3.63) is 54.2 Å². The second-order valence-corrected chi connectivity index (χ2v) is 10.1. The van der Waals surface area contributed by atoms with Gasteiger partial charge in [-0.05, 0) is 24.0 Å². The first-order valence-electron chi connectivity index (χ1n) is 13.2. The quantitative estimate of drug-likeness (QED) is 0.118. The number of carbonyl (C=O) groups excluding carboxylic acids is 4. The normalized spacial score (nSPS) is 14.1. The molecule has 220 valence electrons. The van der Waals surface area contributed by atoms with E-state index in [-0.39, 0.29) is 25.7 Å². The number of nitrogens with two attached hydrogens (primary N) is 2. The topological polar surface area (TPSA) is 238 Å². The third-order valence-corrected chi connectivity index (χ3v) is 6.61. The molecule has 4 amide bonds. The third kappa shape index (κ3) is 8.63. The Bertz CT molecular complexity index is 1370. The lowest BCUT2D eigenvalue weighted by molar-refractivity contribution is -0.142. The van der Waals surface area contributed by atoms with E-state index < -0.39 is 59.7 Å². The molecule has 2 aromatic heterocycles. The fraction of sp³-hybridized carbons (Fsp3) is 0.407. The summed E-state index contributed by atoms with van der Waals surface area (Å²) in [6.07, 6.45) is 4.49. The number of fused-ring (bicyclic) bond motifs is 1. The average Bonchev–Trinajstić information content (AvgIpc) is 3.59. The first-order chi connectivity index (χ1) is 19.5. The van der Waals surface area contributed by atoms with Gasteiger partial charge in [0.25, 0.3) is 0 Å². The van der Waals surface area contributed by atoms with Crippen molar-refractivity contribution in [3.8, 4) is 0 Å². The standard InChI is InChI=1S/C27H36N8O6/c1-14(2)23(26(39)34-21(27(40)41)10-16-12-30-13-32-16)35-25(38)20(33-24(37)18(28)7-8-22(29)36)9-15-11-31-19-6-4-3-5-17(15)19/h3-6,11-14,18,20-21,23,31H,7-10,28H2,1-2H3,(H2,29,36)(H,30,32)(H,33,37)(H,34,39)(H,35,38)(H,40,41). The Balaban J connectivity index is 1.79. The van der Waals surface area contributed by atoms with Gasteiger partial charge in [0, 0.05) is 48.3 Å². The highest BCUT2D eigenvalue weighted by Crippen LogP contribution is 2.19. The molecular formula is C27H36N8O6. The largest absolute Gasteiger partial charge is 0.480 e. The van der Waals surface area contributed by atoms with Crippen LogP contribution in [0.25, 0.3) is 10.9 Å². The number of imidazole rings is 1. The molecule has 4 atom stereocenters. The number of para-hydroxylation sites is 1. The van der Waals surface area contributed by atoms with Crippen molar-refractivity contribution in [2.24, 2.45) is 17.4 Å². The summed E-state index contributed by atoms with van der Waals surface area (Å²) in [6, 6.07) is 2.81. The van der Waals surface area contributed by atoms with Crippen molar-refractivity contribution in [1.29, 1.82) is 0 Å². The first-order valence-corrected chi connectivity index (χ1v) is 13.2. The van der Waals surface area contributed by atoms with Crippen LogP contribution in [0.5, 0.6) is 0 Å². The predicted octanol–water partition coefficient (Wildman–Crippen LogP) is -0.536. The van der Waals surface area contributed by atoms with E-state index in [1.54, 1.807) is 20.0 Å². The zero-order valence-electron chi connectivity index (χ0n) is 22.8. The Kier molecular flexibility index (Phi) is 10.6. The van der Waals surface area contributed by atoms with Crippen LogP contribution in [0, 0.1) is 5.92 Å². The van der Waals surface area contributed by atoms with E-state index in [1.807, 2.05) is 24.3 Å². The fourth-order valence-electron chi connectivity index (χ4n) is 4.30. The molecule has 2 heterocycles. The summed E-state index contributed by atoms with van der Waals surface area (Å²) in [6.45, 7) is 3.39. The number of benzene rings is 1. The van der Waals surface area contributed by atoms with E-state index in [9.17, 15) is 29.1 Å². The number of nitrogens with zero attached hydrogens (tertiary/aromatic N) is 1. The Hall–Kier alpha value is -4.72. The van der Waals surface area contributed by atoms with Gasteiger partial charge in [0.15, 0.2) is 0 Å². The summed E-state index contributed by atoms with van der Waals surface area (Å²) in [5.41, 5.74) is 13.2. The van der Waals surface area contributed by atoms with Gasteiger partial charge in [0.1, 0.15) is 18.1 Å². The predicted molar refractivity (Wildman–Crippen MR) is 149 cm³/mol. The molecule has 0 spiro atoms. The van der Waals surface area contributed by atoms with Crippen LogP contribution in [0.2, 0.25) is 0 Å². The Labute approximate surface area is 236 Å². The van der Waals surface area contributed by atoms with E-state index in [1.165, 1.54) is 12.5 Å². The number of hydrogen-bond acceptors (Lipinski definition) is 7. The van der Waals surface area contributed by atoms with Crippen LogP contribution in [-0.4, -0.2) is 73.8 Å². The van der Waals surface area contributed by atoms with E-state index in [0.717, 1.165) is 16.5 Å². The zero-order chi connectivity index (χ0) is 30.1. The number of H-pyrrole nitrogens is 2. The van der Waals surface area contributed by atoms with Gasteiger partial charge in [-0.2, -0.15) is 0 Å². The number of aromatic amines is 2. The lowest BCUT2D eigenvalue weighted by Gasteiger charge is -2.27. The molecule has 4 unspecified atom stereocenters. The second kappa shape index (κ2) is 14.1. The molecule has 0 bridgehead atoms. The second-order valence-electron chi connectivity index (χ2n) is 10.1. The highest BCUT2D eigenvalue weighted by Gasteiger charge is 2.32. The molecule has 0 saturated heterocycles. The van der Waals surface area contributed by atoms with Crippen molar-refractivity contribution in [2.75, 3.05) is 0 Å². The molecule has 0 aliphatic carbocycles. The first kappa shape index (κ1) is 30.8. The van der Waals surface area contributed by atoms with E-state index >= 15 is 0 Å². The lowest BCUT2D eigenvalue weighted by atomic mass is 9.99. The number of primary amides is 1. The number of amides is 4. The van der Waals surface area contributed by atoms with Crippen LogP contribution in [0.3, 0.4) is 0 Å². The molecule has 0 fully saturated rings. The molecule has 14 nitrogen and oxygen atoms in total. The zero-order valence-corrected chi connectivity index (χ0v) is 22.8. The molecule has 0 aliphatic rings. The van der Waals surface area contributed by atoms with Gasteiger partial charge < -0.3 is 42.5 Å². The van der Waals surface area contributed by atoms with Crippen LogP contribution in [0.4, 0.5) is 0 Å².